The van der Waals surface area contributed by atoms with E-state index >= 15 is 0 Å². The van der Waals surface area contributed by atoms with Crippen LogP contribution in [0.3, 0.4) is 0 Å². The monoisotopic (exact) mass is 474 g/mol. The molecule has 34 heavy (non-hydrogen) atoms. The molecule has 0 saturated carbocycles. The van der Waals surface area contributed by atoms with Gasteiger partial charge in [-0.05, 0) is 30.2 Å². The Morgan fingerprint density at radius 3 is 2.32 bits per heavy atom. The highest BCUT2D eigenvalue weighted by Gasteiger charge is 2.38. The fraction of sp³-hybridized carbons (Fsp3) is 0.600. The van der Waals surface area contributed by atoms with E-state index in [9.17, 15) is 19.2 Å². The van der Waals surface area contributed by atoms with Crippen LogP contribution in [0.25, 0.3) is 0 Å². The second-order valence-corrected chi connectivity index (χ2v) is 9.70. The van der Waals surface area contributed by atoms with Gasteiger partial charge in [-0.1, -0.05) is 58.0 Å². The summed E-state index contributed by atoms with van der Waals surface area (Å²) in [5.74, 6) is -0.813. The maximum Gasteiger partial charge on any atom is 0.408 e. The summed E-state index contributed by atoms with van der Waals surface area (Å²) in [5, 5.41) is 5.32. The van der Waals surface area contributed by atoms with E-state index in [1.54, 1.807) is 0 Å². The lowest BCUT2D eigenvalue weighted by Crippen LogP contribution is -2.52. The van der Waals surface area contributed by atoms with E-state index in [0.29, 0.717) is 18.8 Å². The normalized spacial score (nSPS) is 17.6. The lowest BCUT2D eigenvalue weighted by atomic mass is 9.96. The summed E-state index contributed by atoms with van der Waals surface area (Å²) in [4.78, 5) is 52.1. The molecule has 1 unspecified atom stereocenters. The molecule has 0 aliphatic carbocycles. The molecule has 4 N–H and O–H groups in total. The number of likely N-dealkylation sites (tertiary alicyclic amines) is 1. The Hall–Kier alpha value is -2.94. The molecule has 1 heterocycles. The first-order valence-corrected chi connectivity index (χ1v) is 11.9. The minimum absolute atomic E-state index is 0.0558. The van der Waals surface area contributed by atoms with Crippen LogP contribution in [0, 0.1) is 17.8 Å². The second-order valence-electron chi connectivity index (χ2n) is 9.70. The SMILES string of the molecule is CC(C)C[C@@H](CN)C(=O)N1CC(=O)C(NC(=O)[C@H](CC(C)C)NC(=O)OCc2ccccc2)C1. The molecular weight excluding hydrogens is 436 g/mol. The van der Waals surface area contributed by atoms with Gasteiger partial charge in [0.25, 0.3) is 0 Å². The number of carbonyl (C=O) groups is 4. The number of rotatable bonds is 11. The van der Waals surface area contributed by atoms with E-state index in [1.165, 1.54) is 4.90 Å². The van der Waals surface area contributed by atoms with Gasteiger partial charge in [0, 0.05) is 13.1 Å². The molecule has 3 atom stereocenters. The highest BCUT2D eigenvalue weighted by Crippen LogP contribution is 2.17. The van der Waals surface area contributed by atoms with Crippen LogP contribution in [0.15, 0.2) is 30.3 Å². The minimum Gasteiger partial charge on any atom is -0.445 e. The molecule has 2 rings (SSSR count). The molecule has 9 nitrogen and oxygen atoms in total. The van der Waals surface area contributed by atoms with Gasteiger partial charge in [0.2, 0.25) is 11.8 Å². The van der Waals surface area contributed by atoms with Gasteiger partial charge in [-0.3, -0.25) is 14.4 Å². The number of nitrogens with zero attached hydrogens (tertiary/aromatic N) is 1. The Kier molecular flexibility index (Phi) is 10.5. The minimum atomic E-state index is -0.862. The van der Waals surface area contributed by atoms with Crippen LogP contribution in [-0.4, -0.2) is 60.3 Å². The van der Waals surface area contributed by atoms with E-state index in [1.807, 2.05) is 58.0 Å². The first-order chi connectivity index (χ1) is 16.1. The highest BCUT2D eigenvalue weighted by molar-refractivity contribution is 5.97. The summed E-state index contributed by atoms with van der Waals surface area (Å²) in [6.07, 6.45) is 0.306. The maximum atomic E-state index is 12.9. The number of ether oxygens (including phenoxy) is 1. The van der Waals surface area contributed by atoms with Gasteiger partial charge < -0.3 is 26.0 Å². The van der Waals surface area contributed by atoms with Gasteiger partial charge >= 0.3 is 6.09 Å². The summed E-state index contributed by atoms with van der Waals surface area (Å²) in [6.45, 7) is 8.23. The van der Waals surface area contributed by atoms with Crippen LogP contribution in [0.1, 0.15) is 46.1 Å². The first kappa shape index (κ1) is 27.3. The largest absolute Gasteiger partial charge is 0.445 e. The third-order valence-corrected chi connectivity index (χ3v) is 5.68. The molecule has 1 aliphatic heterocycles. The van der Waals surface area contributed by atoms with Gasteiger partial charge in [0.1, 0.15) is 18.7 Å². The molecular formula is C25H38N4O5. The van der Waals surface area contributed by atoms with Gasteiger partial charge in [0.15, 0.2) is 5.78 Å². The van der Waals surface area contributed by atoms with Crippen LogP contribution in [0.4, 0.5) is 4.79 Å². The predicted molar refractivity (Wildman–Crippen MR) is 129 cm³/mol. The van der Waals surface area contributed by atoms with E-state index in [4.69, 9.17) is 10.5 Å². The Morgan fingerprint density at radius 1 is 1.09 bits per heavy atom. The molecule has 0 aromatic heterocycles. The van der Waals surface area contributed by atoms with Crippen molar-refractivity contribution in [3.63, 3.8) is 0 Å². The summed E-state index contributed by atoms with van der Waals surface area (Å²) in [5.41, 5.74) is 6.61. The predicted octanol–water partition coefficient (Wildman–Crippen LogP) is 1.84. The number of alkyl carbamates (subject to hydrolysis) is 1. The summed E-state index contributed by atoms with van der Waals surface area (Å²) in [6, 6.07) is 7.55. The number of hydrogen-bond acceptors (Lipinski definition) is 6. The zero-order valence-corrected chi connectivity index (χ0v) is 20.6. The van der Waals surface area contributed by atoms with Crippen LogP contribution < -0.4 is 16.4 Å². The molecule has 1 fully saturated rings. The molecule has 1 aromatic rings. The molecule has 1 saturated heterocycles. The first-order valence-electron chi connectivity index (χ1n) is 11.9. The highest BCUT2D eigenvalue weighted by atomic mass is 16.5. The molecule has 1 aromatic carbocycles. The fourth-order valence-corrected chi connectivity index (χ4v) is 3.99. The van der Waals surface area contributed by atoms with E-state index in [-0.39, 0.29) is 49.8 Å². The van der Waals surface area contributed by atoms with E-state index in [0.717, 1.165) is 5.56 Å². The standard InChI is InChI=1S/C25H38N4O5/c1-16(2)10-19(12-26)24(32)29-13-21(22(30)14-29)27-23(31)20(11-17(3)4)28-25(33)34-15-18-8-6-5-7-9-18/h5-9,16-17,19-21H,10-15,26H2,1-4H3,(H,27,31)(H,28,33)/t19-,20-,21?/m0/s1. The number of carbonyl (C=O) groups excluding carboxylic acids is 4. The zero-order chi connectivity index (χ0) is 25.3. The Balaban J connectivity index is 1.95. The van der Waals surface area contributed by atoms with Crippen molar-refractivity contribution in [3.05, 3.63) is 35.9 Å². The molecule has 188 valence electrons. The Bertz CT molecular complexity index is 843. The number of ketones is 1. The number of nitrogens with two attached hydrogens (primary N) is 1. The lowest BCUT2D eigenvalue weighted by molar-refractivity contribution is -0.135. The average Bonchev–Trinajstić information content (AvgIpc) is 3.15. The van der Waals surface area contributed by atoms with Gasteiger partial charge in [-0.25, -0.2) is 4.79 Å². The third kappa shape index (κ3) is 8.44. The number of amides is 3. The third-order valence-electron chi connectivity index (χ3n) is 5.68. The lowest BCUT2D eigenvalue weighted by Gasteiger charge is -2.24. The Labute approximate surface area is 201 Å². The van der Waals surface area contributed by atoms with E-state index < -0.39 is 24.1 Å². The van der Waals surface area contributed by atoms with Crippen LogP contribution in [-0.2, 0) is 25.7 Å². The van der Waals surface area contributed by atoms with Crippen molar-refractivity contribution in [2.75, 3.05) is 19.6 Å². The summed E-state index contributed by atoms with van der Waals surface area (Å²) >= 11 is 0. The molecule has 1 aliphatic rings. The average molecular weight is 475 g/mol. The van der Waals surface area contributed by atoms with Crippen LogP contribution in [0.5, 0.6) is 0 Å². The van der Waals surface area contributed by atoms with Crippen molar-refractivity contribution in [1.82, 2.24) is 15.5 Å². The van der Waals surface area contributed by atoms with Crippen molar-refractivity contribution < 1.29 is 23.9 Å². The van der Waals surface area contributed by atoms with Crippen molar-refractivity contribution in [2.24, 2.45) is 23.5 Å². The van der Waals surface area contributed by atoms with Crippen LogP contribution >= 0.6 is 0 Å². The zero-order valence-electron chi connectivity index (χ0n) is 20.6. The molecule has 0 radical (unpaired) electrons. The quantitative estimate of drug-likeness (QED) is 0.449. The number of Topliss-reactive ketones (excluding diaryl/α,β-unsaturated/α-hetero) is 1. The summed E-state index contributed by atoms with van der Waals surface area (Å²) in [7, 11) is 0. The van der Waals surface area contributed by atoms with Gasteiger partial charge in [-0.15, -0.1) is 0 Å². The molecule has 0 spiro atoms. The van der Waals surface area contributed by atoms with Crippen LogP contribution in [0.2, 0.25) is 0 Å². The van der Waals surface area contributed by atoms with Gasteiger partial charge in [-0.2, -0.15) is 0 Å². The smallest absolute Gasteiger partial charge is 0.408 e. The Morgan fingerprint density at radius 2 is 1.74 bits per heavy atom. The second kappa shape index (κ2) is 13.1. The fourth-order valence-electron chi connectivity index (χ4n) is 3.99. The van der Waals surface area contributed by atoms with Crippen molar-refractivity contribution in [3.8, 4) is 0 Å². The van der Waals surface area contributed by atoms with E-state index in [2.05, 4.69) is 10.6 Å². The van der Waals surface area contributed by atoms with Crippen molar-refractivity contribution in [1.29, 1.82) is 0 Å². The summed E-state index contributed by atoms with van der Waals surface area (Å²) < 4.78 is 5.24. The molecule has 0 bridgehead atoms. The number of hydrogen-bond donors (Lipinski definition) is 3. The maximum absolute atomic E-state index is 12.9. The van der Waals surface area contributed by atoms with Crippen molar-refractivity contribution >= 4 is 23.7 Å². The topological polar surface area (TPSA) is 131 Å². The molecule has 3 amide bonds. The molecule has 9 heteroatoms. The van der Waals surface area contributed by atoms with Crippen molar-refractivity contribution in [2.45, 2.75) is 59.2 Å². The van der Waals surface area contributed by atoms with Gasteiger partial charge in [0.05, 0.1) is 12.5 Å². The number of benzene rings is 1. The number of nitrogens with one attached hydrogen (secondary N) is 2.